The van der Waals surface area contributed by atoms with E-state index in [1.54, 1.807) is 0 Å². The summed E-state index contributed by atoms with van der Waals surface area (Å²) in [6.07, 6.45) is 7.00. The van der Waals surface area contributed by atoms with Crippen LogP contribution in [0.4, 0.5) is 0 Å². The van der Waals surface area contributed by atoms with Crippen molar-refractivity contribution in [1.82, 2.24) is 10.2 Å². The molecule has 88 valence electrons. The van der Waals surface area contributed by atoms with Gasteiger partial charge in [-0.2, -0.15) is 0 Å². The molecule has 2 fully saturated rings. The summed E-state index contributed by atoms with van der Waals surface area (Å²) in [6, 6.07) is 1.66. The normalized spacial score (nSPS) is 33.0. The lowest BCUT2D eigenvalue weighted by molar-refractivity contribution is 0.204. The predicted octanol–water partition coefficient (Wildman–Crippen LogP) is 2.25. The van der Waals surface area contributed by atoms with E-state index in [2.05, 4.69) is 24.1 Å². The topological polar surface area (TPSA) is 15.3 Å². The lowest BCUT2D eigenvalue weighted by atomic mass is 10.0. The maximum Gasteiger partial charge on any atom is 0.0249 e. The Balaban J connectivity index is 1.81. The third-order valence-electron chi connectivity index (χ3n) is 3.97. The smallest absolute Gasteiger partial charge is 0.0249 e. The van der Waals surface area contributed by atoms with Crippen molar-refractivity contribution in [2.45, 2.75) is 58.0 Å². The zero-order valence-electron chi connectivity index (χ0n) is 10.3. The standard InChI is InChI=1S/C13H26N2/c1-11(2)7-10-15-9-4-6-13(15)12-5-3-8-14-12/h11-14H,3-10H2,1-2H3. The van der Waals surface area contributed by atoms with E-state index in [1.165, 1.54) is 51.7 Å². The van der Waals surface area contributed by atoms with Gasteiger partial charge in [0.05, 0.1) is 0 Å². The third kappa shape index (κ3) is 2.94. The minimum Gasteiger partial charge on any atom is -0.312 e. The van der Waals surface area contributed by atoms with Crippen LogP contribution >= 0.6 is 0 Å². The molecule has 2 atom stereocenters. The molecule has 15 heavy (non-hydrogen) atoms. The Hall–Kier alpha value is -0.0800. The molecule has 0 radical (unpaired) electrons. The molecule has 1 N–H and O–H groups in total. The summed E-state index contributed by atoms with van der Waals surface area (Å²) < 4.78 is 0. The van der Waals surface area contributed by atoms with Crippen LogP contribution in [-0.4, -0.2) is 36.6 Å². The van der Waals surface area contributed by atoms with Gasteiger partial charge in [-0.05, 0) is 57.7 Å². The Morgan fingerprint density at radius 2 is 2.13 bits per heavy atom. The Morgan fingerprint density at radius 3 is 2.80 bits per heavy atom. The van der Waals surface area contributed by atoms with E-state index in [4.69, 9.17) is 0 Å². The molecule has 0 aromatic heterocycles. The molecular formula is C13H26N2. The quantitative estimate of drug-likeness (QED) is 0.765. The maximum atomic E-state index is 3.67. The van der Waals surface area contributed by atoms with E-state index < -0.39 is 0 Å². The summed E-state index contributed by atoms with van der Waals surface area (Å²) >= 11 is 0. The minimum atomic E-state index is 0.805. The molecule has 2 nitrogen and oxygen atoms in total. The van der Waals surface area contributed by atoms with Crippen molar-refractivity contribution >= 4 is 0 Å². The van der Waals surface area contributed by atoms with Gasteiger partial charge in [0.1, 0.15) is 0 Å². The molecule has 2 heterocycles. The van der Waals surface area contributed by atoms with Crippen molar-refractivity contribution in [2.24, 2.45) is 5.92 Å². The average Bonchev–Trinajstić information content (AvgIpc) is 2.85. The van der Waals surface area contributed by atoms with Gasteiger partial charge < -0.3 is 5.32 Å². The van der Waals surface area contributed by atoms with E-state index in [9.17, 15) is 0 Å². The van der Waals surface area contributed by atoms with Gasteiger partial charge in [0.15, 0.2) is 0 Å². The molecule has 0 spiro atoms. The highest BCUT2D eigenvalue weighted by atomic mass is 15.2. The van der Waals surface area contributed by atoms with E-state index in [-0.39, 0.29) is 0 Å². The monoisotopic (exact) mass is 210 g/mol. The van der Waals surface area contributed by atoms with Gasteiger partial charge in [0.25, 0.3) is 0 Å². The lowest BCUT2D eigenvalue weighted by Crippen LogP contribution is -2.44. The molecule has 0 aromatic rings. The van der Waals surface area contributed by atoms with E-state index in [0.717, 1.165) is 18.0 Å². The summed E-state index contributed by atoms with van der Waals surface area (Å²) in [5, 5.41) is 3.67. The lowest BCUT2D eigenvalue weighted by Gasteiger charge is -2.29. The van der Waals surface area contributed by atoms with Gasteiger partial charge in [-0.25, -0.2) is 0 Å². The highest BCUT2D eigenvalue weighted by Gasteiger charge is 2.32. The molecule has 0 aromatic carbocycles. The number of nitrogens with one attached hydrogen (secondary N) is 1. The van der Waals surface area contributed by atoms with Gasteiger partial charge in [-0.1, -0.05) is 13.8 Å². The number of rotatable bonds is 4. The zero-order valence-corrected chi connectivity index (χ0v) is 10.3. The Morgan fingerprint density at radius 1 is 1.27 bits per heavy atom. The van der Waals surface area contributed by atoms with Gasteiger partial charge in [0.2, 0.25) is 0 Å². The zero-order chi connectivity index (χ0) is 10.7. The Kier molecular flexibility index (Phi) is 4.04. The number of hydrogen-bond donors (Lipinski definition) is 1. The first-order chi connectivity index (χ1) is 7.27. The van der Waals surface area contributed by atoms with Crippen molar-refractivity contribution in [1.29, 1.82) is 0 Å². The van der Waals surface area contributed by atoms with Crippen LogP contribution in [0.1, 0.15) is 46.0 Å². The average molecular weight is 210 g/mol. The molecular weight excluding hydrogens is 184 g/mol. The first-order valence-corrected chi connectivity index (χ1v) is 6.75. The van der Waals surface area contributed by atoms with Crippen LogP contribution in [0.5, 0.6) is 0 Å². The second-order valence-electron chi connectivity index (χ2n) is 5.63. The summed E-state index contributed by atoms with van der Waals surface area (Å²) in [5.74, 6) is 0.850. The number of nitrogens with zero attached hydrogens (tertiary/aromatic N) is 1. The van der Waals surface area contributed by atoms with Crippen molar-refractivity contribution in [3.63, 3.8) is 0 Å². The van der Waals surface area contributed by atoms with Crippen LogP contribution in [0, 0.1) is 5.92 Å². The van der Waals surface area contributed by atoms with Crippen LogP contribution in [0.3, 0.4) is 0 Å². The fourth-order valence-electron chi connectivity index (χ4n) is 3.05. The summed E-state index contributed by atoms with van der Waals surface area (Å²) in [4.78, 5) is 2.74. The van der Waals surface area contributed by atoms with Crippen molar-refractivity contribution in [2.75, 3.05) is 19.6 Å². The molecule has 0 amide bonds. The molecule has 2 saturated heterocycles. The Labute approximate surface area is 94.4 Å². The molecule has 0 aliphatic carbocycles. The van der Waals surface area contributed by atoms with Crippen LogP contribution in [0.2, 0.25) is 0 Å². The molecule has 0 bridgehead atoms. The largest absolute Gasteiger partial charge is 0.312 e. The first kappa shape index (κ1) is 11.4. The molecule has 2 aliphatic heterocycles. The van der Waals surface area contributed by atoms with Crippen LogP contribution in [-0.2, 0) is 0 Å². The highest BCUT2D eigenvalue weighted by Crippen LogP contribution is 2.25. The van der Waals surface area contributed by atoms with Crippen LogP contribution < -0.4 is 5.32 Å². The van der Waals surface area contributed by atoms with Crippen molar-refractivity contribution in [3.05, 3.63) is 0 Å². The van der Waals surface area contributed by atoms with Gasteiger partial charge in [-0.15, -0.1) is 0 Å². The van der Waals surface area contributed by atoms with Gasteiger partial charge in [-0.3, -0.25) is 4.90 Å². The number of hydrogen-bond acceptors (Lipinski definition) is 2. The summed E-state index contributed by atoms with van der Waals surface area (Å²) in [5.41, 5.74) is 0. The SMILES string of the molecule is CC(C)CCN1CCCC1C1CCCN1. The van der Waals surface area contributed by atoms with Crippen molar-refractivity contribution < 1.29 is 0 Å². The Bertz CT molecular complexity index is 185. The van der Waals surface area contributed by atoms with Crippen LogP contribution in [0.15, 0.2) is 0 Å². The van der Waals surface area contributed by atoms with Gasteiger partial charge in [0, 0.05) is 12.1 Å². The first-order valence-electron chi connectivity index (χ1n) is 6.75. The predicted molar refractivity (Wildman–Crippen MR) is 65.1 cm³/mol. The number of likely N-dealkylation sites (tertiary alicyclic amines) is 1. The maximum absolute atomic E-state index is 3.67. The highest BCUT2D eigenvalue weighted by molar-refractivity contribution is 4.91. The van der Waals surface area contributed by atoms with Crippen LogP contribution in [0.25, 0.3) is 0 Å². The molecule has 0 saturated carbocycles. The molecule has 2 unspecified atom stereocenters. The molecule has 2 aliphatic rings. The molecule has 2 rings (SSSR count). The summed E-state index contributed by atoms with van der Waals surface area (Å²) in [7, 11) is 0. The third-order valence-corrected chi connectivity index (χ3v) is 3.97. The fraction of sp³-hybridized carbons (Fsp3) is 1.00. The second kappa shape index (κ2) is 5.31. The van der Waals surface area contributed by atoms with E-state index in [1.807, 2.05) is 0 Å². The van der Waals surface area contributed by atoms with E-state index >= 15 is 0 Å². The van der Waals surface area contributed by atoms with Gasteiger partial charge >= 0.3 is 0 Å². The second-order valence-corrected chi connectivity index (χ2v) is 5.63. The molecule has 2 heteroatoms. The van der Waals surface area contributed by atoms with E-state index in [0.29, 0.717) is 0 Å². The minimum absolute atomic E-state index is 0.805. The summed E-state index contributed by atoms with van der Waals surface area (Å²) in [6.45, 7) is 8.58. The van der Waals surface area contributed by atoms with Crippen molar-refractivity contribution in [3.8, 4) is 0 Å². The fourth-order valence-corrected chi connectivity index (χ4v) is 3.05.